The molecule has 0 radical (unpaired) electrons. The molecule has 1 heterocycles. The van der Waals surface area contributed by atoms with E-state index in [1.54, 1.807) is 0 Å². The number of carbonyl (C=O) groups is 1. The van der Waals surface area contributed by atoms with Crippen molar-refractivity contribution in [3.05, 3.63) is 0 Å². The number of hydrogen-bond acceptors (Lipinski definition) is 3. The molecule has 2 unspecified atom stereocenters. The lowest BCUT2D eigenvalue weighted by Gasteiger charge is -2.30. The van der Waals surface area contributed by atoms with Crippen LogP contribution in [0, 0.1) is 5.92 Å². The lowest BCUT2D eigenvalue weighted by atomic mass is 9.84. The lowest BCUT2D eigenvalue weighted by molar-refractivity contribution is 0.186. The summed E-state index contributed by atoms with van der Waals surface area (Å²) in [5.74, 6) is 0.550. The number of carbonyl (C=O) groups excluding carboxylic acids is 1. The number of urea groups is 1. The summed E-state index contributed by atoms with van der Waals surface area (Å²) in [6.45, 7) is 1.90. The highest BCUT2D eigenvalue weighted by Crippen LogP contribution is 2.26. The maximum absolute atomic E-state index is 11.9. The summed E-state index contributed by atoms with van der Waals surface area (Å²) in [4.78, 5) is 11.9. The van der Waals surface area contributed by atoms with Gasteiger partial charge < -0.3 is 21.1 Å². The van der Waals surface area contributed by atoms with Gasteiger partial charge in [-0.15, -0.1) is 0 Å². The van der Waals surface area contributed by atoms with Crippen LogP contribution < -0.4 is 16.4 Å². The zero-order chi connectivity index (χ0) is 12.8. The number of amides is 2. The smallest absolute Gasteiger partial charge is 0.315 e. The van der Waals surface area contributed by atoms with Gasteiger partial charge in [-0.2, -0.15) is 0 Å². The lowest BCUT2D eigenvalue weighted by Crippen LogP contribution is -2.51. The third-order valence-corrected chi connectivity index (χ3v) is 4.05. The number of nitrogens with two attached hydrogens (primary N) is 1. The third-order valence-electron chi connectivity index (χ3n) is 4.05. The first-order chi connectivity index (χ1) is 8.79. The van der Waals surface area contributed by atoms with E-state index >= 15 is 0 Å². The maximum Gasteiger partial charge on any atom is 0.315 e. The van der Waals surface area contributed by atoms with Crippen molar-refractivity contribution < 1.29 is 9.53 Å². The molecule has 4 N–H and O–H groups in total. The van der Waals surface area contributed by atoms with Crippen LogP contribution in [-0.4, -0.2) is 37.9 Å². The zero-order valence-corrected chi connectivity index (χ0v) is 11.0. The fourth-order valence-electron chi connectivity index (χ4n) is 2.95. The minimum absolute atomic E-state index is 0.0912. The number of nitrogens with one attached hydrogen (secondary N) is 2. The Balaban J connectivity index is 1.75. The van der Waals surface area contributed by atoms with Gasteiger partial charge >= 0.3 is 6.03 Å². The van der Waals surface area contributed by atoms with Crippen LogP contribution in [0.25, 0.3) is 0 Å². The Bertz CT molecular complexity index is 261. The second-order valence-corrected chi connectivity index (χ2v) is 5.42. The summed E-state index contributed by atoms with van der Waals surface area (Å²) in [5, 5.41) is 5.98. The quantitative estimate of drug-likeness (QED) is 0.701. The molecule has 1 aliphatic heterocycles. The maximum atomic E-state index is 11.9. The molecule has 0 aromatic rings. The largest absolute Gasteiger partial charge is 0.379 e. The molecule has 1 saturated carbocycles. The van der Waals surface area contributed by atoms with Gasteiger partial charge in [0, 0.05) is 19.2 Å². The van der Waals surface area contributed by atoms with Gasteiger partial charge in [-0.3, -0.25) is 0 Å². The zero-order valence-electron chi connectivity index (χ0n) is 11.0. The molecule has 2 rings (SSSR count). The molecule has 104 valence electrons. The first-order valence-corrected chi connectivity index (χ1v) is 7.14. The summed E-state index contributed by atoms with van der Waals surface area (Å²) in [6.07, 6.45) is 7.13. The molecule has 5 nitrogen and oxygen atoms in total. The molecule has 2 atom stereocenters. The number of rotatable bonds is 4. The van der Waals surface area contributed by atoms with Crippen molar-refractivity contribution in [2.45, 2.75) is 50.6 Å². The fraction of sp³-hybridized carbons (Fsp3) is 0.923. The van der Waals surface area contributed by atoms with Gasteiger partial charge in [0.05, 0.1) is 12.6 Å². The van der Waals surface area contributed by atoms with Crippen molar-refractivity contribution in [2.75, 3.05) is 19.8 Å². The summed E-state index contributed by atoms with van der Waals surface area (Å²) in [6, 6.07) is 0.189. The van der Waals surface area contributed by atoms with Gasteiger partial charge in [-0.05, 0) is 25.2 Å². The van der Waals surface area contributed by atoms with E-state index in [1.807, 2.05) is 0 Å². The fourth-order valence-corrected chi connectivity index (χ4v) is 2.95. The second kappa shape index (κ2) is 6.95. The Labute approximate surface area is 109 Å². The Kier molecular flexibility index (Phi) is 5.26. The van der Waals surface area contributed by atoms with E-state index in [1.165, 1.54) is 32.1 Å². The average Bonchev–Trinajstić information content (AvgIpc) is 2.90. The van der Waals surface area contributed by atoms with E-state index < -0.39 is 0 Å². The molecule has 5 heteroatoms. The minimum Gasteiger partial charge on any atom is -0.379 e. The van der Waals surface area contributed by atoms with Gasteiger partial charge in [-0.25, -0.2) is 4.79 Å². The molecule has 2 amide bonds. The van der Waals surface area contributed by atoms with Gasteiger partial charge in [0.25, 0.3) is 0 Å². The first-order valence-electron chi connectivity index (χ1n) is 7.14. The van der Waals surface area contributed by atoms with Gasteiger partial charge in [0.1, 0.15) is 0 Å². The van der Waals surface area contributed by atoms with Gasteiger partial charge in [0.2, 0.25) is 0 Å². The van der Waals surface area contributed by atoms with Gasteiger partial charge in [-0.1, -0.05) is 19.3 Å². The highest BCUT2D eigenvalue weighted by molar-refractivity contribution is 5.74. The highest BCUT2D eigenvalue weighted by Gasteiger charge is 2.25. The van der Waals surface area contributed by atoms with Crippen LogP contribution in [0.3, 0.4) is 0 Å². The average molecular weight is 255 g/mol. The van der Waals surface area contributed by atoms with E-state index in [4.69, 9.17) is 10.5 Å². The van der Waals surface area contributed by atoms with Crippen molar-refractivity contribution in [1.29, 1.82) is 0 Å². The van der Waals surface area contributed by atoms with E-state index in [0.717, 1.165) is 13.0 Å². The normalized spacial score (nSPS) is 26.8. The van der Waals surface area contributed by atoms with Crippen LogP contribution >= 0.6 is 0 Å². The van der Waals surface area contributed by atoms with E-state index in [-0.39, 0.29) is 18.1 Å². The first kappa shape index (κ1) is 13.6. The van der Waals surface area contributed by atoms with E-state index in [9.17, 15) is 4.79 Å². The summed E-state index contributed by atoms with van der Waals surface area (Å²) >= 11 is 0. The Morgan fingerprint density at radius 3 is 2.67 bits per heavy atom. The number of ether oxygens (including phenoxy) is 1. The van der Waals surface area contributed by atoms with Crippen LogP contribution in [0.4, 0.5) is 4.79 Å². The highest BCUT2D eigenvalue weighted by atomic mass is 16.5. The minimum atomic E-state index is -0.0912. The van der Waals surface area contributed by atoms with Crippen molar-refractivity contribution in [3.8, 4) is 0 Å². The van der Waals surface area contributed by atoms with Crippen molar-refractivity contribution >= 4 is 6.03 Å². The molecule has 0 bridgehead atoms. The molecular weight excluding hydrogens is 230 g/mol. The number of hydrogen-bond donors (Lipinski definition) is 3. The molecule has 2 fully saturated rings. The summed E-state index contributed by atoms with van der Waals surface area (Å²) in [5.41, 5.74) is 5.79. The van der Waals surface area contributed by atoms with Gasteiger partial charge in [0.15, 0.2) is 0 Å². The van der Waals surface area contributed by atoms with Crippen molar-refractivity contribution in [3.63, 3.8) is 0 Å². The molecule has 2 aliphatic rings. The monoisotopic (exact) mass is 255 g/mol. The standard InChI is InChI=1S/C13H25N3O2/c14-8-12(10-4-2-1-3-5-10)16-13(17)15-11-6-7-18-9-11/h10-12H,1-9,14H2,(H2,15,16,17). The Morgan fingerprint density at radius 2 is 2.06 bits per heavy atom. The van der Waals surface area contributed by atoms with Crippen LogP contribution in [0.2, 0.25) is 0 Å². The SMILES string of the molecule is NCC(NC(=O)NC1CCOC1)C1CCCCC1. The third kappa shape index (κ3) is 3.85. The van der Waals surface area contributed by atoms with E-state index in [0.29, 0.717) is 19.1 Å². The predicted molar refractivity (Wildman–Crippen MR) is 70.3 cm³/mol. The van der Waals surface area contributed by atoms with Crippen LogP contribution in [0.1, 0.15) is 38.5 Å². The second-order valence-electron chi connectivity index (χ2n) is 5.42. The van der Waals surface area contributed by atoms with E-state index in [2.05, 4.69) is 10.6 Å². The molecule has 1 aliphatic carbocycles. The van der Waals surface area contributed by atoms with Crippen LogP contribution in [0.5, 0.6) is 0 Å². The predicted octanol–water partition coefficient (Wildman–Crippen LogP) is 0.982. The Morgan fingerprint density at radius 1 is 1.28 bits per heavy atom. The molecule has 0 aromatic heterocycles. The van der Waals surface area contributed by atoms with Crippen LogP contribution in [0.15, 0.2) is 0 Å². The Hall–Kier alpha value is -0.810. The molecule has 0 spiro atoms. The van der Waals surface area contributed by atoms with Crippen LogP contribution in [-0.2, 0) is 4.74 Å². The topological polar surface area (TPSA) is 76.4 Å². The van der Waals surface area contributed by atoms with Crippen molar-refractivity contribution in [1.82, 2.24) is 10.6 Å². The molecule has 0 aromatic carbocycles. The summed E-state index contributed by atoms with van der Waals surface area (Å²) in [7, 11) is 0. The molecule has 18 heavy (non-hydrogen) atoms. The summed E-state index contributed by atoms with van der Waals surface area (Å²) < 4.78 is 5.24. The van der Waals surface area contributed by atoms with Crippen molar-refractivity contribution in [2.24, 2.45) is 11.7 Å². The molecular formula is C13H25N3O2. The molecule has 1 saturated heterocycles.